The lowest BCUT2D eigenvalue weighted by Crippen LogP contribution is -2.59. The minimum atomic E-state index is -0.251. The Balaban J connectivity index is 1.90. The molecular weight excluding hydrogens is 252 g/mol. The van der Waals surface area contributed by atoms with Gasteiger partial charge >= 0.3 is 0 Å². The number of benzene rings is 1. The van der Waals surface area contributed by atoms with E-state index in [1.807, 2.05) is 29.2 Å². The van der Waals surface area contributed by atoms with E-state index in [0.717, 1.165) is 24.2 Å². The Labute approximate surface area is 120 Å². The largest absolute Gasteiger partial charge is 0.385 e. The average Bonchev–Trinajstić information content (AvgIpc) is 3.27. The van der Waals surface area contributed by atoms with E-state index in [-0.39, 0.29) is 11.6 Å². The molecule has 108 valence electrons. The highest BCUT2D eigenvalue weighted by atomic mass is 16.5. The molecule has 1 amide bonds. The topological polar surface area (TPSA) is 41.6 Å². The molecule has 1 atom stereocenters. The van der Waals surface area contributed by atoms with Crippen molar-refractivity contribution in [1.29, 1.82) is 0 Å². The van der Waals surface area contributed by atoms with E-state index in [1.165, 1.54) is 12.8 Å². The Morgan fingerprint density at radius 3 is 2.85 bits per heavy atom. The first-order chi connectivity index (χ1) is 9.66. The van der Waals surface area contributed by atoms with Crippen molar-refractivity contribution in [2.45, 2.75) is 31.8 Å². The molecule has 0 spiro atoms. The van der Waals surface area contributed by atoms with Crippen molar-refractivity contribution in [2.24, 2.45) is 5.92 Å². The fraction of sp³-hybridized carbons (Fsp3) is 0.562. The Hall–Kier alpha value is -1.55. The molecule has 0 aromatic heterocycles. The molecule has 0 saturated heterocycles. The summed E-state index contributed by atoms with van der Waals surface area (Å²) in [7, 11) is 1.70. The van der Waals surface area contributed by atoms with Gasteiger partial charge in [-0.05, 0) is 38.3 Å². The van der Waals surface area contributed by atoms with Crippen LogP contribution in [0.1, 0.15) is 36.5 Å². The second kappa shape index (κ2) is 5.09. The smallest absolute Gasteiger partial charge is 0.257 e. The predicted octanol–water partition coefficient (Wildman–Crippen LogP) is 2.72. The number of carbonyl (C=O) groups excluding carboxylic acids is 1. The van der Waals surface area contributed by atoms with Gasteiger partial charge in [-0.1, -0.05) is 12.1 Å². The van der Waals surface area contributed by atoms with Gasteiger partial charge in [-0.3, -0.25) is 4.79 Å². The van der Waals surface area contributed by atoms with E-state index >= 15 is 0 Å². The van der Waals surface area contributed by atoms with Crippen LogP contribution in [0.15, 0.2) is 24.3 Å². The number of methoxy groups -OCH3 is 1. The monoisotopic (exact) mass is 274 g/mol. The number of hydrogen-bond donors (Lipinski definition) is 1. The fourth-order valence-electron chi connectivity index (χ4n) is 3.14. The van der Waals surface area contributed by atoms with Gasteiger partial charge in [0, 0.05) is 31.9 Å². The number of ether oxygens (including phenoxy) is 1. The molecule has 4 heteroatoms. The SMILES string of the molecule is COCCCN1C(=O)c2ccccc2NC1(C)C1CC1. The molecule has 1 N–H and O–H groups in total. The van der Waals surface area contributed by atoms with Crippen molar-refractivity contribution in [3.05, 3.63) is 29.8 Å². The number of fused-ring (bicyclic) bond motifs is 1. The van der Waals surface area contributed by atoms with E-state index in [0.29, 0.717) is 12.5 Å². The van der Waals surface area contributed by atoms with Crippen LogP contribution in [-0.4, -0.2) is 36.7 Å². The Morgan fingerprint density at radius 1 is 1.40 bits per heavy atom. The zero-order chi connectivity index (χ0) is 14.2. The number of hydrogen-bond acceptors (Lipinski definition) is 3. The van der Waals surface area contributed by atoms with Crippen LogP contribution in [0, 0.1) is 5.92 Å². The van der Waals surface area contributed by atoms with Gasteiger partial charge in [-0.25, -0.2) is 0 Å². The minimum absolute atomic E-state index is 0.143. The number of amides is 1. The van der Waals surface area contributed by atoms with Crippen molar-refractivity contribution >= 4 is 11.6 Å². The molecule has 0 radical (unpaired) electrons. The Morgan fingerprint density at radius 2 is 2.15 bits per heavy atom. The van der Waals surface area contributed by atoms with Gasteiger partial charge in [0.15, 0.2) is 0 Å². The van der Waals surface area contributed by atoms with Gasteiger partial charge in [-0.15, -0.1) is 0 Å². The van der Waals surface area contributed by atoms with E-state index in [2.05, 4.69) is 12.2 Å². The van der Waals surface area contributed by atoms with E-state index in [4.69, 9.17) is 4.74 Å². The summed E-state index contributed by atoms with van der Waals surface area (Å²) in [5.74, 6) is 0.701. The highest BCUT2D eigenvalue weighted by molar-refractivity contribution is 6.02. The van der Waals surface area contributed by atoms with Crippen LogP contribution >= 0.6 is 0 Å². The Kier molecular flexibility index (Phi) is 3.42. The van der Waals surface area contributed by atoms with Crippen molar-refractivity contribution < 1.29 is 9.53 Å². The van der Waals surface area contributed by atoms with Crippen LogP contribution in [-0.2, 0) is 4.74 Å². The molecule has 1 aromatic rings. The zero-order valence-corrected chi connectivity index (χ0v) is 12.2. The summed E-state index contributed by atoms with van der Waals surface area (Å²) in [4.78, 5) is 14.8. The molecule has 1 saturated carbocycles. The van der Waals surface area contributed by atoms with Gasteiger partial charge < -0.3 is 15.0 Å². The molecule has 2 aliphatic rings. The quantitative estimate of drug-likeness (QED) is 0.839. The van der Waals surface area contributed by atoms with Crippen molar-refractivity contribution in [1.82, 2.24) is 4.90 Å². The van der Waals surface area contributed by atoms with E-state index < -0.39 is 0 Å². The Bertz CT molecular complexity index is 513. The molecule has 1 unspecified atom stereocenters. The van der Waals surface area contributed by atoms with E-state index in [9.17, 15) is 4.79 Å². The first kappa shape index (κ1) is 13.4. The van der Waals surface area contributed by atoms with E-state index in [1.54, 1.807) is 7.11 Å². The van der Waals surface area contributed by atoms with Crippen LogP contribution in [0.4, 0.5) is 5.69 Å². The lowest BCUT2D eigenvalue weighted by Gasteiger charge is -2.47. The summed E-state index contributed by atoms with van der Waals surface area (Å²) in [5, 5.41) is 3.61. The molecular formula is C16H22N2O2. The molecule has 20 heavy (non-hydrogen) atoms. The molecule has 1 fully saturated rings. The standard InChI is InChI=1S/C16H22N2O2/c1-16(12-8-9-12)17-14-7-4-3-6-13(14)15(19)18(16)10-5-11-20-2/h3-4,6-7,12,17H,5,8-11H2,1-2H3. The van der Waals surface area contributed by atoms with Crippen LogP contribution < -0.4 is 5.32 Å². The summed E-state index contributed by atoms with van der Waals surface area (Å²) >= 11 is 0. The zero-order valence-electron chi connectivity index (χ0n) is 12.2. The highest BCUT2D eigenvalue weighted by Gasteiger charge is 2.50. The number of nitrogens with zero attached hydrogens (tertiary/aromatic N) is 1. The van der Waals surface area contributed by atoms with Crippen molar-refractivity contribution in [3.8, 4) is 0 Å². The second-order valence-electron chi connectivity index (χ2n) is 5.90. The molecule has 1 aliphatic heterocycles. The van der Waals surface area contributed by atoms with Crippen molar-refractivity contribution in [2.75, 3.05) is 25.6 Å². The lowest BCUT2D eigenvalue weighted by atomic mass is 9.96. The summed E-state index contributed by atoms with van der Waals surface area (Å²) in [6.45, 7) is 3.58. The summed E-state index contributed by atoms with van der Waals surface area (Å²) in [6, 6.07) is 7.80. The lowest BCUT2D eigenvalue weighted by molar-refractivity contribution is 0.0461. The summed E-state index contributed by atoms with van der Waals surface area (Å²) in [6.07, 6.45) is 3.26. The third kappa shape index (κ3) is 2.18. The fourth-order valence-corrected chi connectivity index (χ4v) is 3.14. The second-order valence-corrected chi connectivity index (χ2v) is 5.90. The number of para-hydroxylation sites is 1. The summed E-state index contributed by atoms with van der Waals surface area (Å²) in [5.41, 5.74) is 1.50. The molecule has 0 bridgehead atoms. The predicted molar refractivity (Wildman–Crippen MR) is 78.7 cm³/mol. The molecule has 1 aliphatic carbocycles. The maximum atomic E-state index is 12.8. The van der Waals surface area contributed by atoms with Gasteiger partial charge in [0.05, 0.1) is 5.56 Å². The average molecular weight is 274 g/mol. The summed E-state index contributed by atoms with van der Waals surface area (Å²) < 4.78 is 5.12. The normalized spacial score (nSPS) is 25.3. The third-order valence-electron chi connectivity index (χ3n) is 4.45. The highest BCUT2D eigenvalue weighted by Crippen LogP contribution is 2.46. The maximum absolute atomic E-state index is 12.8. The number of carbonyl (C=O) groups is 1. The van der Waals surface area contributed by atoms with Gasteiger partial charge in [0.25, 0.3) is 5.91 Å². The maximum Gasteiger partial charge on any atom is 0.257 e. The number of anilines is 1. The first-order valence-electron chi connectivity index (χ1n) is 7.35. The van der Waals surface area contributed by atoms with Crippen molar-refractivity contribution in [3.63, 3.8) is 0 Å². The van der Waals surface area contributed by atoms with Crippen LogP contribution in [0.3, 0.4) is 0 Å². The molecule has 1 aromatic carbocycles. The van der Waals surface area contributed by atoms with Gasteiger partial charge in [0.1, 0.15) is 5.66 Å². The molecule has 4 nitrogen and oxygen atoms in total. The van der Waals surface area contributed by atoms with Gasteiger partial charge in [0.2, 0.25) is 0 Å². The van der Waals surface area contributed by atoms with Crippen LogP contribution in [0.5, 0.6) is 0 Å². The van der Waals surface area contributed by atoms with Crippen LogP contribution in [0.25, 0.3) is 0 Å². The van der Waals surface area contributed by atoms with Gasteiger partial charge in [-0.2, -0.15) is 0 Å². The molecule has 1 heterocycles. The number of nitrogens with one attached hydrogen (secondary N) is 1. The number of rotatable bonds is 5. The first-order valence-corrected chi connectivity index (χ1v) is 7.35. The third-order valence-corrected chi connectivity index (χ3v) is 4.45. The minimum Gasteiger partial charge on any atom is -0.385 e. The molecule has 3 rings (SSSR count). The van der Waals surface area contributed by atoms with Crippen LogP contribution in [0.2, 0.25) is 0 Å².